The average Bonchev–Trinajstić information content (AvgIpc) is 3.04. The van der Waals surface area contributed by atoms with E-state index in [2.05, 4.69) is 65.7 Å². The molecular formula is C21H34N4O2. The van der Waals surface area contributed by atoms with Gasteiger partial charge < -0.3 is 20.3 Å². The number of urea groups is 1. The summed E-state index contributed by atoms with van der Waals surface area (Å²) in [5.74, 6) is 0.452. The maximum atomic E-state index is 12.5. The van der Waals surface area contributed by atoms with Crippen LogP contribution in [0.15, 0.2) is 24.3 Å². The maximum Gasteiger partial charge on any atom is 0.315 e. The van der Waals surface area contributed by atoms with Crippen molar-refractivity contribution in [1.29, 1.82) is 0 Å². The second-order valence-electron chi connectivity index (χ2n) is 8.24. The van der Waals surface area contributed by atoms with Gasteiger partial charge in [-0.2, -0.15) is 0 Å². The number of carbonyl (C=O) groups excluding carboxylic acids is 1. The van der Waals surface area contributed by atoms with E-state index in [1.165, 1.54) is 5.56 Å². The molecule has 2 aliphatic rings. The van der Waals surface area contributed by atoms with E-state index in [9.17, 15) is 4.79 Å². The molecule has 3 rings (SSSR count). The molecule has 2 N–H and O–H groups in total. The van der Waals surface area contributed by atoms with Crippen LogP contribution in [0.3, 0.4) is 0 Å². The molecule has 0 radical (unpaired) electrons. The number of rotatable bonds is 6. The number of benzene rings is 1. The van der Waals surface area contributed by atoms with E-state index in [0.717, 1.165) is 51.3 Å². The summed E-state index contributed by atoms with van der Waals surface area (Å²) in [4.78, 5) is 17.3. The highest BCUT2D eigenvalue weighted by molar-refractivity contribution is 5.74. The summed E-state index contributed by atoms with van der Waals surface area (Å²) in [7, 11) is 4.21. The molecule has 2 amide bonds. The van der Waals surface area contributed by atoms with Gasteiger partial charge >= 0.3 is 6.03 Å². The maximum absolute atomic E-state index is 12.5. The SMILES string of the molecule is Cc1ccc(CNC(=O)N[C@@H]2CN(C3CCOCC3)C[C@H]2CN(C)C)cc1. The lowest BCUT2D eigenvalue weighted by Gasteiger charge is -2.31. The van der Waals surface area contributed by atoms with E-state index < -0.39 is 0 Å². The van der Waals surface area contributed by atoms with Crippen molar-refractivity contribution in [3.8, 4) is 0 Å². The van der Waals surface area contributed by atoms with Gasteiger partial charge in [-0.25, -0.2) is 4.79 Å². The molecule has 2 fully saturated rings. The number of carbonyl (C=O) groups is 1. The Morgan fingerprint density at radius 1 is 1.19 bits per heavy atom. The fourth-order valence-electron chi connectivity index (χ4n) is 4.18. The van der Waals surface area contributed by atoms with Crippen molar-refractivity contribution in [1.82, 2.24) is 20.4 Å². The van der Waals surface area contributed by atoms with E-state index in [4.69, 9.17) is 4.74 Å². The van der Waals surface area contributed by atoms with Crippen LogP contribution in [0.25, 0.3) is 0 Å². The van der Waals surface area contributed by atoms with E-state index in [-0.39, 0.29) is 12.1 Å². The third kappa shape index (κ3) is 5.92. The summed E-state index contributed by atoms with van der Waals surface area (Å²) in [5, 5.41) is 6.25. The third-order valence-corrected chi connectivity index (χ3v) is 5.67. The first-order valence-electron chi connectivity index (χ1n) is 10.1. The van der Waals surface area contributed by atoms with Gasteiger partial charge in [0.05, 0.1) is 0 Å². The minimum atomic E-state index is -0.0711. The molecule has 0 aliphatic carbocycles. The van der Waals surface area contributed by atoms with E-state index >= 15 is 0 Å². The van der Waals surface area contributed by atoms with Gasteiger partial charge in [-0.15, -0.1) is 0 Å². The number of likely N-dealkylation sites (tertiary alicyclic amines) is 1. The lowest BCUT2D eigenvalue weighted by Crippen LogP contribution is -2.47. The highest BCUT2D eigenvalue weighted by Gasteiger charge is 2.37. The Labute approximate surface area is 163 Å². The molecule has 0 spiro atoms. The molecule has 1 aromatic rings. The molecule has 6 nitrogen and oxygen atoms in total. The number of hydrogen-bond acceptors (Lipinski definition) is 4. The first kappa shape index (κ1) is 20.1. The number of hydrogen-bond donors (Lipinski definition) is 2. The highest BCUT2D eigenvalue weighted by Crippen LogP contribution is 2.24. The number of amides is 2. The van der Waals surface area contributed by atoms with E-state index in [0.29, 0.717) is 18.5 Å². The molecule has 6 heteroatoms. The fraction of sp³-hybridized carbons (Fsp3) is 0.667. The molecule has 0 saturated carbocycles. The lowest BCUT2D eigenvalue weighted by atomic mass is 10.0. The zero-order valence-electron chi connectivity index (χ0n) is 16.9. The van der Waals surface area contributed by atoms with E-state index in [1.807, 2.05) is 0 Å². The topological polar surface area (TPSA) is 56.8 Å². The van der Waals surface area contributed by atoms with Crippen molar-refractivity contribution in [2.45, 2.75) is 38.4 Å². The van der Waals surface area contributed by atoms with E-state index in [1.54, 1.807) is 0 Å². The Morgan fingerprint density at radius 3 is 2.56 bits per heavy atom. The van der Waals surface area contributed by atoms with Crippen molar-refractivity contribution in [3.05, 3.63) is 35.4 Å². The summed E-state index contributed by atoms with van der Waals surface area (Å²) in [6.07, 6.45) is 2.20. The van der Waals surface area contributed by atoms with Crippen LogP contribution >= 0.6 is 0 Å². The van der Waals surface area contributed by atoms with Crippen LogP contribution in [0, 0.1) is 12.8 Å². The zero-order chi connectivity index (χ0) is 19.2. The quantitative estimate of drug-likeness (QED) is 0.798. The van der Waals surface area contributed by atoms with Crippen molar-refractivity contribution < 1.29 is 9.53 Å². The first-order valence-corrected chi connectivity index (χ1v) is 10.1. The Morgan fingerprint density at radius 2 is 1.89 bits per heavy atom. The predicted octanol–water partition coefficient (Wildman–Crippen LogP) is 1.84. The molecule has 150 valence electrons. The second kappa shape index (κ2) is 9.53. The molecule has 0 aromatic heterocycles. The van der Waals surface area contributed by atoms with Crippen LogP contribution in [-0.4, -0.2) is 74.9 Å². The van der Waals surface area contributed by atoms with Gasteiger partial charge in [0.15, 0.2) is 0 Å². The monoisotopic (exact) mass is 374 g/mol. The number of nitrogens with one attached hydrogen (secondary N) is 2. The molecule has 2 aliphatic heterocycles. The molecule has 0 unspecified atom stereocenters. The third-order valence-electron chi connectivity index (χ3n) is 5.67. The minimum absolute atomic E-state index is 0.0711. The lowest BCUT2D eigenvalue weighted by molar-refractivity contribution is 0.0404. The van der Waals surface area contributed by atoms with Crippen LogP contribution in [0.5, 0.6) is 0 Å². The first-order chi connectivity index (χ1) is 13.0. The van der Waals surface area contributed by atoms with Gasteiger partial charge in [-0.3, -0.25) is 4.90 Å². The Kier molecular flexibility index (Phi) is 7.10. The second-order valence-corrected chi connectivity index (χ2v) is 8.24. The highest BCUT2D eigenvalue weighted by atomic mass is 16.5. The summed E-state index contributed by atoms with van der Waals surface area (Å²) >= 11 is 0. The predicted molar refractivity (Wildman–Crippen MR) is 108 cm³/mol. The van der Waals surface area contributed by atoms with Crippen LogP contribution in [-0.2, 0) is 11.3 Å². The van der Waals surface area contributed by atoms with Crippen molar-refractivity contribution in [2.75, 3.05) is 46.9 Å². The Hall–Kier alpha value is -1.63. The largest absolute Gasteiger partial charge is 0.381 e. The standard InChI is InChI=1S/C21H34N4O2/c1-16-4-6-17(7-5-16)12-22-21(26)23-20-15-25(14-18(20)13-24(2)3)19-8-10-27-11-9-19/h4-7,18-20H,8-15H2,1-3H3,(H2,22,23,26)/t18-,20-/m1/s1. The number of aryl methyl sites for hydroxylation is 1. The average molecular weight is 375 g/mol. The summed E-state index contributed by atoms with van der Waals surface area (Å²) < 4.78 is 5.51. The zero-order valence-corrected chi connectivity index (χ0v) is 16.9. The molecule has 2 heterocycles. The Bertz CT molecular complexity index is 599. The fourth-order valence-corrected chi connectivity index (χ4v) is 4.18. The smallest absolute Gasteiger partial charge is 0.315 e. The van der Waals surface area contributed by atoms with Crippen LogP contribution in [0.1, 0.15) is 24.0 Å². The van der Waals surface area contributed by atoms with Gasteiger partial charge in [0.1, 0.15) is 0 Å². The van der Waals surface area contributed by atoms with Crippen LogP contribution < -0.4 is 10.6 Å². The molecule has 0 bridgehead atoms. The Balaban J connectivity index is 1.53. The molecular weight excluding hydrogens is 340 g/mol. The molecule has 2 atom stereocenters. The van der Waals surface area contributed by atoms with Crippen LogP contribution in [0.2, 0.25) is 0 Å². The molecule has 2 saturated heterocycles. The molecule has 27 heavy (non-hydrogen) atoms. The van der Waals surface area contributed by atoms with Gasteiger partial charge in [0, 0.05) is 57.4 Å². The van der Waals surface area contributed by atoms with Gasteiger partial charge in [-0.1, -0.05) is 29.8 Å². The summed E-state index contributed by atoms with van der Waals surface area (Å²) in [5.41, 5.74) is 2.35. The van der Waals surface area contributed by atoms with Crippen molar-refractivity contribution >= 4 is 6.03 Å². The van der Waals surface area contributed by atoms with Crippen molar-refractivity contribution in [2.24, 2.45) is 5.92 Å². The van der Waals surface area contributed by atoms with Gasteiger partial charge in [-0.05, 0) is 39.4 Å². The van der Waals surface area contributed by atoms with Crippen molar-refractivity contribution in [3.63, 3.8) is 0 Å². The van der Waals surface area contributed by atoms with Crippen LogP contribution in [0.4, 0.5) is 4.79 Å². The summed E-state index contributed by atoms with van der Waals surface area (Å²) in [6.45, 7) is 7.30. The number of ether oxygens (including phenoxy) is 1. The number of nitrogens with zero attached hydrogens (tertiary/aromatic N) is 2. The molecule has 1 aromatic carbocycles. The minimum Gasteiger partial charge on any atom is -0.381 e. The van der Waals surface area contributed by atoms with Gasteiger partial charge in [0.2, 0.25) is 0 Å². The van der Waals surface area contributed by atoms with Gasteiger partial charge in [0.25, 0.3) is 0 Å². The summed E-state index contributed by atoms with van der Waals surface area (Å²) in [6, 6.07) is 8.98. The normalized spacial score (nSPS) is 24.3.